The van der Waals surface area contributed by atoms with Crippen LogP contribution in [0.1, 0.15) is 0 Å². The molecule has 5 N–H and O–H groups in total. The predicted molar refractivity (Wildman–Crippen MR) is 55.4 cm³/mol. The third kappa shape index (κ3) is 6.13. The number of hydrogen-bond acceptors (Lipinski definition) is 5. The molecule has 1 aromatic rings. The minimum absolute atomic E-state index is 0.322. The van der Waals surface area contributed by atoms with Gasteiger partial charge >= 0.3 is 11.9 Å². The maximum Gasteiger partial charge on any atom is 0.335 e. The summed E-state index contributed by atoms with van der Waals surface area (Å²) in [6.45, 7) is 0. The van der Waals surface area contributed by atoms with E-state index in [4.69, 9.17) is 25.5 Å². The van der Waals surface area contributed by atoms with Crippen LogP contribution in [0.15, 0.2) is 30.3 Å². The van der Waals surface area contributed by atoms with E-state index in [-0.39, 0.29) is 0 Å². The SMILES string of the molecule is O=C(O)[C@H](O)[C@@H](O)C(=O)O.Oc1ccccc1. The Hall–Kier alpha value is -2.12. The van der Waals surface area contributed by atoms with Crippen LogP contribution in [-0.2, 0) is 9.59 Å². The number of phenols is 1. The largest absolute Gasteiger partial charge is 0.508 e. The molecular formula is C10H12O7. The number of carbonyl (C=O) groups is 2. The Kier molecular flexibility index (Phi) is 6.30. The number of aromatic hydroxyl groups is 1. The number of hydrogen-bond donors (Lipinski definition) is 5. The fourth-order valence-electron chi connectivity index (χ4n) is 0.698. The van der Waals surface area contributed by atoms with Gasteiger partial charge in [0.05, 0.1) is 0 Å². The average Bonchev–Trinajstić information content (AvgIpc) is 2.28. The molecule has 7 nitrogen and oxygen atoms in total. The van der Waals surface area contributed by atoms with Crippen molar-refractivity contribution in [2.24, 2.45) is 0 Å². The standard InChI is InChI=1S/C6H6O.C4H6O6/c7-6-4-2-1-3-5-6;5-1(3(7)8)2(6)4(9)10/h1-5,7H;1-2,5-6H,(H,7,8)(H,9,10)/t;1-,2-/m.1/s1. The van der Waals surface area contributed by atoms with Crippen LogP contribution in [-0.4, -0.2) is 49.7 Å². The number of carboxylic acid groups (broad SMARTS) is 2. The average molecular weight is 244 g/mol. The van der Waals surface area contributed by atoms with Crippen LogP contribution in [0, 0.1) is 0 Å². The Morgan fingerprint density at radius 3 is 1.41 bits per heavy atom. The number of aliphatic hydroxyl groups is 2. The van der Waals surface area contributed by atoms with Crippen molar-refractivity contribution >= 4 is 11.9 Å². The Balaban J connectivity index is 0.000000318. The monoisotopic (exact) mass is 244 g/mol. The fourth-order valence-corrected chi connectivity index (χ4v) is 0.698. The number of phenolic OH excluding ortho intramolecular Hbond substituents is 1. The number of aliphatic hydroxyl groups excluding tert-OH is 2. The van der Waals surface area contributed by atoms with Gasteiger partial charge in [-0.1, -0.05) is 18.2 Å². The Labute approximate surface area is 96.2 Å². The topological polar surface area (TPSA) is 135 Å². The van der Waals surface area contributed by atoms with Crippen molar-refractivity contribution in [3.8, 4) is 5.75 Å². The molecule has 17 heavy (non-hydrogen) atoms. The van der Waals surface area contributed by atoms with Gasteiger partial charge in [0.15, 0.2) is 12.2 Å². The zero-order valence-corrected chi connectivity index (χ0v) is 8.59. The van der Waals surface area contributed by atoms with Crippen molar-refractivity contribution in [3.05, 3.63) is 30.3 Å². The number of benzene rings is 1. The first-order chi connectivity index (χ1) is 7.86. The Morgan fingerprint density at radius 2 is 1.24 bits per heavy atom. The maximum atomic E-state index is 9.77. The third-order valence-corrected chi connectivity index (χ3v) is 1.56. The number of carboxylic acids is 2. The van der Waals surface area contributed by atoms with Crippen molar-refractivity contribution in [2.45, 2.75) is 12.2 Å². The normalized spacial score (nSPS) is 12.8. The summed E-state index contributed by atoms with van der Waals surface area (Å²) in [5.74, 6) is -3.22. The molecule has 1 rings (SSSR count). The molecule has 2 atom stereocenters. The number of aliphatic carboxylic acids is 2. The Morgan fingerprint density at radius 1 is 0.882 bits per heavy atom. The second-order valence-corrected chi connectivity index (χ2v) is 2.90. The molecule has 0 aromatic heterocycles. The highest BCUT2D eigenvalue weighted by atomic mass is 16.4. The van der Waals surface area contributed by atoms with E-state index in [1.807, 2.05) is 6.07 Å². The van der Waals surface area contributed by atoms with Gasteiger partial charge in [0.25, 0.3) is 0 Å². The molecule has 0 aliphatic carbocycles. The summed E-state index contributed by atoms with van der Waals surface area (Å²) in [7, 11) is 0. The molecule has 94 valence electrons. The number of rotatable bonds is 3. The van der Waals surface area contributed by atoms with Gasteiger partial charge in [-0.15, -0.1) is 0 Å². The molecular weight excluding hydrogens is 232 g/mol. The van der Waals surface area contributed by atoms with E-state index in [0.29, 0.717) is 5.75 Å². The summed E-state index contributed by atoms with van der Waals surface area (Å²) in [5.41, 5.74) is 0. The van der Waals surface area contributed by atoms with Gasteiger partial charge in [-0.25, -0.2) is 9.59 Å². The Bertz CT molecular complexity index is 344. The molecule has 0 unspecified atom stereocenters. The van der Waals surface area contributed by atoms with Gasteiger partial charge in [0.1, 0.15) is 5.75 Å². The summed E-state index contributed by atoms with van der Waals surface area (Å²) in [6.07, 6.45) is -4.53. The quantitative estimate of drug-likeness (QED) is 0.473. The molecule has 0 saturated carbocycles. The smallest absolute Gasteiger partial charge is 0.335 e. The molecule has 1 aromatic carbocycles. The molecule has 0 spiro atoms. The molecule has 7 heteroatoms. The van der Waals surface area contributed by atoms with Gasteiger partial charge < -0.3 is 25.5 Å². The van der Waals surface area contributed by atoms with E-state index >= 15 is 0 Å². The van der Waals surface area contributed by atoms with Crippen molar-refractivity contribution in [1.29, 1.82) is 0 Å². The van der Waals surface area contributed by atoms with E-state index in [2.05, 4.69) is 0 Å². The van der Waals surface area contributed by atoms with Crippen LogP contribution >= 0.6 is 0 Å². The fraction of sp³-hybridized carbons (Fsp3) is 0.200. The lowest BCUT2D eigenvalue weighted by atomic mass is 10.2. The van der Waals surface area contributed by atoms with Crippen LogP contribution in [0.3, 0.4) is 0 Å². The van der Waals surface area contributed by atoms with Gasteiger partial charge in [-0.2, -0.15) is 0 Å². The molecule has 0 aliphatic heterocycles. The first-order valence-electron chi connectivity index (χ1n) is 4.42. The van der Waals surface area contributed by atoms with Crippen LogP contribution in [0.4, 0.5) is 0 Å². The molecule has 0 fully saturated rings. The lowest BCUT2D eigenvalue weighted by Gasteiger charge is -2.07. The lowest BCUT2D eigenvalue weighted by molar-refractivity contribution is -0.165. The van der Waals surface area contributed by atoms with Gasteiger partial charge in [0, 0.05) is 0 Å². The summed E-state index contributed by atoms with van der Waals surface area (Å²) >= 11 is 0. The molecule has 0 radical (unpaired) electrons. The zero-order valence-electron chi connectivity index (χ0n) is 8.59. The van der Waals surface area contributed by atoms with Gasteiger partial charge in [0.2, 0.25) is 0 Å². The van der Waals surface area contributed by atoms with Crippen LogP contribution in [0.25, 0.3) is 0 Å². The molecule has 0 aliphatic rings. The van der Waals surface area contributed by atoms with Crippen LogP contribution < -0.4 is 0 Å². The summed E-state index contributed by atoms with van der Waals surface area (Å²) in [4.78, 5) is 19.5. The highest BCUT2D eigenvalue weighted by Crippen LogP contribution is 2.02. The highest BCUT2D eigenvalue weighted by molar-refractivity contribution is 5.83. The molecule has 0 amide bonds. The van der Waals surface area contributed by atoms with Crippen molar-refractivity contribution in [3.63, 3.8) is 0 Å². The van der Waals surface area contributed by atoms with Crippen molar-refractivity contribution in [2.75, 3.05) is 0 Å². The molecule has 0 heterocycles. The second kappa shape index (κ2) is 7.20. The van der Waals surface area contributed by atoms with E-state index in [9.17, 15) is 9.59 Å². The van der Waals surface area contributed by atoms with Crippen molar-refractivity contribution < 1.29 is 35.1 Å². The van der Waals surface area contributed by atoms with E-state index in [1.165, 1.54) is 0 Å². The van der Waals surface area contributed by atoms with Crippen LogP contribution in [0.5, 0.6) is 5.75 Å². The summed E-state index contributed by atoms with van der Waals surface area (Å²) in [5, 5.41) is 41.2. The predicted octanol–water partition coefficient (Wildman–Crippen LogP) is -0.730. The van der Waals surface area contributed by atoms with E-state index < -0.39 is 24.1 Å². The maximum absolute atomic E-state index is 9.77. The lowest BCUT2D eigenvalue weighted by Crippen LogP contribution is -2.39. The minimum Gasteiger partial charge on any atom is -0.508 e. The summed E-state index contributed by atoms with van der Waals surface area (Å²) < 4.78 is 0. The molecule has 0 bridgehead atoms. The van der Waals surface area contributed by atoms with Crippen LogP contribution in [0.2, 0.25) is 0 Å². The van der Waals surface area contributed by atoms with Crippen molar-refractivity contribution in [1.82, 2.24) is 0 Å². The van der Waals surface area contributed by atoms with Gasteiger partial charge in [-0.05, 0) is 12.1 Å². The number of para-hydroxylation sites is 1. The zero-order chi connectivity index (χ0) is 13.4. The third-order valence-electron chi connectivity index (χ3n) is 1.56. The van der Waals surface area contributed by atoms with E-state index in [1.54, 1.807) is 24.3 Å². The second-order valence-electron chi connectivity index (χ2n) is 2.90. The first kappa shape index (κ1) is 14.9. The van der Waals surface area contributed by atoms with E-state index in [0.717, 1.165) is 0 Å². The molecule has 0 saturated heterocycles. The van der Waals surface area contributed by atoms with Gasteiger partial charge in [-0.3, -0.25) is 0 Å². The highest BCUT2D eigenvalue weighted by Gasteiger charge is 2.29. The summed E-state index contributed by atoms with van der Waals surface area (Å²) in [6, 6.07) is 8.71. The first-order valence-corrected chi connectivity index (χ1v) is 4.42. The minimum atomic E-state index is -2.27.